The molecule has 3 aromatic rings. The van der Waals surface area contributed by atoms with Crippen LogP contribution in [0.25, 0.3) is 22.0 Å². The SMILES string of the molecule is CC(C)(C)OC(=O)n1c([B]O)cc2c(-c3cccnc3)cncc21. The molecule has 0 fully saturated rings. The average molecular weight is 322 g/mol. The number of ether oxygens (including phenoxy) is 1. The first-order valence-electron chi connectivity index (χ1n) is 7.51. The van der Waals surface area contributed by atoms with Gasteiger partial charge in [0, 0.05) is 40.7 Å². The predicted molar refractivity (Wildman–Crippen MR) is 92.2 cm³/mol. The van der Waals surface area contributed by atoms with E-state index in [4.69, 9.17) is 4.74 Å². The summed E-state index contributed by atoms with van der Waals surface area (Å²) in [6.45, 7) is 5.37. The van der Waals surface area contributed by atoms with Crippen molar-refractivity contribution in [1.82, 2.24) is 14.5 Å². The fourth-order valence-corrected chi connectivity index (χ4v) is 2.50. The van der Waals surface area contributed by atoms with Crippen molar-refractivity contribution in [3.63, 3.8) is 0 Å². The summed E-state index contributed by atoms with van der Waals surface area (Å²) in [6, 6.07) is 5.47. The first kappa shape index (κ1) is 16.2. The maximum atomic E-state index is 12.5. The zero-order valence-corrected chi connectivity index (χ0v) is 13.7. The van der Waals surface area contributed by atoms with Crippen molar-refractivity contribution in [1.29, 1.82) is 0 Å². The number of pyridine rings is 2. The minimum Gasteiger partial charge on any atom is -0.449 e. The smallest absolute Gasteiger partial charge is 0.418 e. The van der Waals surface area contributed by atoms with Crippen LogP contribution in [-0.4, -0.2) is 38.7 Å². The van der Waals surface area contributed by atoms with E-state index in [9.17, 15) is 9.82 Å². The van der Waals surface area contributed by atoms with E-state index < -0.39 is 11.7 Å². The van der Waals surface area contributed by atoms with Crippen molar-refractivity contribution in [3.05, 3.63) is 43.0 Å². The van der Waals surface area contributed by atoms with E-state index in [1.165, 1.54) is 4.57 Å². The molecule has 0 aliphatic rings. The van der Waals surface area contributed by atoms with E-state index in [1.54, 1.807) is 51.6 Å². The van der Waals surface area contributed by atoms with E-state index in [-0.39, 0.29) is 0 Å². The zero-order valence-electron chi connectivity index (χ0n) is 13.7. The van der Waals surface area contributed by atoms with Crippen LogP contribution in [0, 0.1) is 0 Å². The normalized spacial score (nSPS) is 11.5. The summed E-state index contributed by atoms with van der Waals surface area (Å²) in [4.78, 5) is 20.9. The summed E-state index contributed by atoms with van der Waals surface area (Å²) in [5.41, 5.74) is 1.95. The van der Waals surface area contributed by atoms with Crippen LogP contribution in [0.4, 0.5) is 4.79 Å². The van der Waals surface area contributed by atoms with Gasteiger partial charge in [-0.05, 0) is 32.9 Å². The second-order valence-electron chi connectivity index (χ2n) is 6.38. The van der Waals surface area contributed by atoms with Crippen LogP contribution < -0.4 is 5.59 Å². The summed E-state index contributed by atoms with van der Waals surface area (Å²) >= 11 is 0. The molecule has 1 N–H and O–H groups in total. The molecule has 1 radical (unpaired) electrons. The van der Waals surface area contributed by atoms with Crippen LogP contribution in [0.5, 0.6) is 0 Å². The van der Waals surface area contributed by atoms with Gasteiger partial charge in [-0.1, -0.05) is 6.07 Å². The van der Waals surface area contributed by atoms with Gasteiger partial charge in [-0.2, -0.15) is 0 Å². The molecule has 121 valence electrons. The lowest BCUT2D eigenvalue weighted by molar-refractivity contribution is 0.0549. The second-order valence-corrected chi connectivity index (χ2v) is 6.38. The molecule has 0 bridgehead atoms. The number of hydrogen-bond donors (Lipinski definition) is 1. The van der Waals surface area contributed by atoms with Crippen molar-refractivity contribution in [2.24, 2.45) is 0 Å². The van der Waals surface area contributed by atoms with Crippen molar-refractivity contribution >= 4 is 30.1 Å². The summed E-state index contributed by atoms with van der Waals surface area (Å²) < 4.78 is 6.74. The quantitative estimate of drug-likeness (QED) is 0.731. The number of carbonyl (C=O) groups excluding carboxylic acids is 1. The van der Waals surface area contributed by atoms with Gasteiger partial charge in [0.25, 0.3) is 0 Å². The predicted octanol–water partition coefficient (Wildman–Crippen LogP) is 2.12. The summed E-state index contributed by atoms with van der Waals surface area (Å²) in [5, 5.41) is 10.3. The fraction of sp³-hybridized carbons (Fsp3) is 0.235. The lowest BCUT2D eigenvalue weighted by Crippen LogP contribution is -2.34. The molecule has 3 aromatic heterocycles. The summed E-state index contributed by atoms with van der Waals surface area (Å²) in [7, 11) is 0.886. The van der Waals surface area contributed by atoms with E-state index >= 15 is 0 Å². The number of aromatic nitrogens is 3. The number of carbonyl (C=O) groups is 1. The van der Waals surface area contributed by atoms with Crippen molar-refractivity contribution in [2.75, 3.05) is 0 Å². The summed E-state index contributed by atoms with van der Waals surface area (Å²) in [6.07, 6.45) is 6.13. The minimum absolute atomic E-state index is 0.331. The largest absolute Gasteiger partial charge is 0.449 e. The molecule has 0 aromatic carbocycles. The molecule has 0 atom stereocenters. The Morgan fingerprint density at radius 1 is 1.25 bits per heavy atom. The lowest BCUT2D eigenvalue weighted by Gasteiger charge is -2.20. The molecular formula is C17H17BN3O3. The molecule has 6 nitrogen and oxygen atoms in total. The summed E-state index contributed by atoms with van der Waals surface area (Å²) in [5.74, 6) is 0. The van der Waals surface area contributed by atoms with Gasteiger partial charge in [0.2, 0.25) is 0 Å². The Balaban J connectivity index is 2.19. The molecule has 0 aliphatic heterocycles. The fourth-order valence-electron chi connectivity index (χ4n) is 2.50. The van der Waals surface area contributed by atoms with Crippen LogP contribution in [-0.2, 0) is 4.74 Å². The van der Waals surface area contributed by atoms with Gasteiger partial charge < -0.3 is 9.76 Å². The molecule has 7 heteroatoms. The Bertz CT molecular complexity index is 885. The number of hydrogen-bond acceptors (Lipinski definition) is 5. The zero-order chi connectivity index (χ0) is 17.3. The Morgan fingerprint density at radius 3 is 2.67 bits per heavy atom. The van der Waals surface area contributed by atoms with Crippen LogP contribution in [0.1, 0.15) is 20.8 Å². The third kappa shape index (κ3) is 3.03. The molecule has 24 heavy (non-hydrogen) atoms. The molecular weight excluding hydrogens is 305 g/mol. The van der Waals surface area contributed by atoms with Gasteiger partial charge in [0.15, 0.2) is 0 Å². The number of nitrogens with zero attached hydrogens (tertiary/aromatic N) is 3. The number of rotatable bonds is 2. The third-order valence-corrected chi connectivity index (χ3v) is 3.44. The Hall–Kier alpha value is -2.67. The monoisotopic (exact) mass is 322 g/mol. The molecule has 0 amide bonds. The Morgan fingerprint density at radius 2 is 2.04 bits per heavy atom. The van der Waals surface area contributed by atoms with Crippen LogP contribution >= 0.6 is 0 Å². The van der Waals surface area contributed by atoms with Crippen LogP contribution in [0.15, 0.2) is 43.0 Å². The second kappa shape index (κ2) is 6.09. The van der Waals surface area contributed by atoms with Gasteiger partial charge in [0.05, 0.1) is 11.7 Å². The first-order chi connectivity index (χ1) is 11.4. The Kier molecular flexibility index (Phi) is 4.11. The van der Waals surface area contributed by atoms with Gasteiger partial charge in [-0.25, -0.2) is 4.79 Å². The Labute approximate surface area is 140 Å². The highest BCUT2D eigenvalue weighted by Crippen LogP contribution is 2.27. The van der Waals surface area contributed by atoms with E-state index in [2.05, 4.69) is 9.97 Å². The van der Waals surface area contributed by atoms with Gasteiger partial charge >= 0.3 is 13.6 Å². The van der Waals surface area contributed by atoms with Crippen LogP contribution in [0.3, 0.4) is 0 Å². The first-order valence-corrected chi connectivity index (χ1v) is 7.51. The number of fused-ring (bicyclic) bond motifs is 1. The van der Waals surface area contributed by atoms with E-state index in [0.717, 1.165) is 24.0 Å². The van der Waals surface area contributed by atoms with E-state index in [1.807, 2.05) is 12.1 Å². The molecule has 3 rings (SSSR count). The third-order valence-electron chi connectivity index (χ3n) is 3.44. The standard InChI is InChI=1S/C17H17BN3O3/c1-17(2,3)24-16(22)21-14-10-20-9-13(11-5-4-6-19-8-11)12(14)7-15(21)18-23/h4-10,23H,1-3H3. The van der Waals surface area contributed by atoms with Crippen molar-refractivity contribution in [3.8, 4) is 11.1 Å². The van der Waals surface area contributed by atoms with E-state index in [0.29, 0.717) is 11.1 Å². The molecule has 0 spiro atoms. The highest BCUT2D eigenvalue weighted by atomic mass is 16.6. The van der Waals surface area contributed by atoms with Crippen molar-refractivity contribution < 1.29 is 14.6 Å². The van der Waals surface area contributed by atoms with Gasteiger partial charge in [0.1, 0.15) is 5.60 Å². The molecule has 0 unspecified atom stereocenters. The van der Waals surface area contributed by atoms with Gasteiger partial charge in [-0.3, -0.25) is 14.5 Å². The maximum Gasteiger partial charge on any atom is 0.418 e. The minimum atomic E-state index is -0.644. The molecule has 0 aliphatic carbocycles. The lowest BCUT2D eigenvalue weighted by atomic mass is 9.95. The molecule has 0 saturated carbocycles. The maximum absolute atomic E-state index is 12.5. The topological polar surface area (TPSA) is 77.2 Å². The average Bonchev–Trinajstić information content (AvgIpc) is 2.92. The highest BCUT2D eigenvalue weighted by Gasteiger charge is 2.23. The van der Waals surface area contributed by atoms with Crippen LogP contribution in [0.2, 0.25) is 0 Å². The van der Waals surface area contributed by atoms with Gasteiger partial charge in [-0.15, -0.1) is 0 Å². The van der Waals surface area contributed by atoms with Crippen molar-refractivity contribution in [2.45, 2.75) is 26.4 Å². The molecule has 3 heterocycles. The molecule has 0 saturated heterocycles. The highest BCUT2D eigenvalue weighted by molar-refractivity contribution is 6.46.